The van der Waals surface area contributed by atoms with Crippen molar-refractivity contribution in [1.29, 1.82) is 0 Å². The van der Waals surface area contributed by atoms with E-state index in [2.05, 4.69) is 10.6 Å². The largest absolute Gasteiger partial charge is 0.443 e. The van der Waals surface area contributed by atoms with E-state index in [1.807, 2.05) is 48.5 Å². The van der Waals surface area contributed by atoms with Crippen molar-refractivity contribution in [2.24, 2.45) is 11.7 Å². The highest BCUT2D eigenvalue weighted by Crippen LogP contribution is 2.37. The highest BCUT2D eigenvalue weighted by molar-refractivity contribution is 7.80. The van der Waals surface area contributed by atoms with E-state index < -0.39 is 11.7 Å². The molecule has 2 aromatic rings. The Kier molecular flexibility index (Phi) is 7.41. The molecule has 1 aliphatic carbocycles. The zero-order valence-electron chi connectivity index (χ0n) is 16.8. The molecule has 1 aliphatic rings. The molecule has 0 saturated heterocycles. The molecule has 6 nitrogen and oxygen atoms in total. The zero-order valence-corrected chi connectivity index (χ0v) is 17.6. The molecule has 2 aromatic carbocycles. The summed E-state index contributed by atoms with van der Waals surface area (Å²) in [6.45, 7) is 0.659. The molecule has 7 heteroatoms. The molecule has 0 bridgehead atoms. The van der Waals surface area contributed by atoms with Gasteiger partial charge in [0.2, 0.25) is 0 Å². The van der Waals surface area contributed by atoms with Crippen molar-refractivity contribution in [3.8, 4) is 0 Å². The molecule has 3 rings (SSSR count). The minimum atomic E-state index is -0.729. The number of carbonyl (C=O) groups excluding carboxylic acids is 2. The van der Waals surface area contributed by atoms with Crippen molar-refractivity contribution in [2.45, 2.75) is 37.7 Å². The topological polar surface area (TPSA) is 93.5 Å². The summed E-state index contributed by atoms with van der Waals surface area (Å²) in [5, 5.41) is 6.16. The van der Waals surface area contributed by atoms with Gasteiger partial charge >= 0.3 is 6.09 Å². The fraction of sp³-hybridized carbons (Fsp3) is 0.348. The standard InChI is InChI=1S/C23H27N3O3S/c24-21(28)29-23(15-17-7-3-1-4-8-17)13-11-18(12-14-23)16-25-22(30)26-20(27)19-9-5-2-6-10-19/h1-10,18H,11-16H2,(H2,24,28)(H2,25,26,27,30). The van der Waals surface area contributed by atoms with Gasteiger partial charge < -0.3 is 15.8 Å². The van der Waals surface area contributed by atoms with Crippen molar-refractivity contribution in [2.75, 3.05) is 6.54 Å². The predicted molar refractivity (Wildman–Crippen MR) is 120 cm³/mol. The van der Waals surface area contributed by atoms with Gasteiger partial charge in [-0.3, -0.25) is 10.1 Å². The van der Waals surface area contributed by atoms with Crippen molar-refractivity contribution in [3.05, 3.63) is 71.8 Å². The first-order valence-corrected chi connectivity index (χ1v) is 10.5. The summed E-state index contributed by atoms with van der Waals surface area (Å²) in [6, 6.07) is 19.0. The third-order valence-electron chi connectivity index (χ3n) is 5.52. The average Bonchev–Trinajstić information content (AvgIpc) is 2.74. The molecular formula is C23H27N3O3S. The van der Waals surface area contributed by atoms with Gasteiger partial charge in [-0.05, 0) is 61.5 Å². The minimum Gasteiger partial charge on any atom is -0.443 e. The molecule has 2 amide bonds. The first-order chi connectivity index (χ1) is 14.5. The van der Waals surface area contributed by atoms with Crippen LogP contribution >= 0.6 is 12.2 Å². The van der Waals surface area contributed by atoms with Gasteiger partial charge in [-0.2, -0.15) is 0 Å². The number of amides is 2. The Morgan fingerprint density at radius 2 is 1.63 bits per heavy atom. The second-order valence-electron chi connectivity index (χ2n) is 7.74. The van der Waals surface area contributed by atoms with E-state index in [0.29, 0.717) is 29.6 Å². The summed E-state index contributed by atoms with van der Waals surface area (Å²) in [6.07, 6.45) is 3.15. The van der Waals surface area contributed by atoms with Crippen LogP contribution in [0.3, 0.4) is 0 Å². The Morgan fingerprint density at radius 1 is 1.03 bits per heavy atom. The van der Waals surface area contributed by atoms with Gasteiger partial charge in [-0.25, -0.2) is 4.79 Å². The van der Waals surface area contributed by atoms with Crippen LogP contribution in [0.25, 0.3) is 0 Å². The molecule has 1 saturated carbocycles. The lowest BCUT2D eigenvalue weighted by Gasteiger charge is -2.39. The molecule has 4 N–H and O–H groups in total. The Bertz CT molecular complexity index is 866. The third kappa shape index (κ3) is 6.29. The van der Waals surface area contributed by atoms with Crippen molar-refractivity contribution in [1.82, 2.24) is 10.6 Å². The van der Waals surface area contributed by atoms with Crippen molar-refractivity contribution >= 4 is 29.3 Å². The van der Waals surface area contributed by atoms with Crippen LogP contribution in [0.5, 0.6) is 0 Å². The lowest BCUT2D eigenvalue weighted by Crippen LogP contribution is -2.45. The van der Waals surface area contributed by atoms with Crippen LogP contribution in [-0.4, -0.2) is 29.3 Å². The number of thiocarbonyl (C=S) groups is 1. The normalized spacial score (nSPS) is 20.7. The van der Waals surface area contributed by atoms with Gasteiger partial charge in [0.25, 0.3) is 5.91 Å². The monoisotopic (exact) mass is 425 g/mol. The van der Waals surface area contributed by atoms with E-state index in [0.717, 1.165) is 31.2 Å². The fourth-order valence-electron chi connectivity index (χ4n) is 3.95. The van der Waals surface area contributed by atoms with Gasteiger partial charge in [-0.15, -0.1) is 0 Å². The summed E-state index contributed by atoms with van der Waals surface area (Å²) in [5.41, 5.74) is 6.48. The van der Waals surface area contributed by atoms with Crippen LogP contribution in [0.4, 0.5) is 4.79 Å². The number of nitrogens with one attached hydrogen (secondary N) is 2. The Balaban J connectivity index is 1.49. The van der Waals surface area contributed by atoms with E-state index in [9.17, 15) is 9.59 Å². The van der Waals surface area contributed by atoms with Crippen LogP contribution in [0.1, 0.15) is 41.6 Å². The first kappa shape index (κ1) is 21.8. The molecule has 0 heterocycles. The zero-order chi connectivity index (χ0) is 21.4. The average molecular weight is 426 g/mol. The maximum atomic E-state index is 12.2. The maximum Gasteiger partial charge on any atom is 0.405 e. The van der Waals surface area contributed by atoms with Crippen molar-refractivity contribution in [3.63, 3.8) is 0 Å². The van der Waals surface area contributed by atoms with Gasteiger partial charge in [-0.1, -0.05) is 48.5 Å². The molecule has 0 unspecified atom stereocenters. The lowest BCUT2D eigenvalue weighted by atomic mass is 9.75. The molecule has 0 aliphatic heterocycles. The summed E-state index contributed by atoms with van der Waals surface area (Å²) in [5.74, 6) is 0.144. The van der Waals surface area contributed by atoms with E-state index in [4.69, 9.17) is 22.7 Å². The minimum absolute atomic E-state index is 0.228. The second-order valence-corrected chi connectivity index (χ2v) is 8.15. The van der Waals surface area contributed by atoms with Crippen LogP contribution in [-0.2, 0) is 11.2 Å². The molecule has 0 aromatic heterocycles. The van der Waals surface area contributed by atoms with Gasteiger partial charge in [0, 0.05) is 18.5 Å². The molecular weight excluding hydrogens is 398 g/mol. The Morgan fingerprint density at radius 3 is 2.23 bits per heavy atom. The maximum absolute atomic E-state index is 12.2. The fourth-order valence-corrected chi connectivity index (χ4v) is 4.13. The van der Waals surface area contributed by atoms with Gasteiger partial charge in [0.15, 0.2) is 5.11 Å². The third-order valence-corrected chi connectivity index (χ3v) is 5.76. The van der Waals surface area contributed by atoms with Crippen LogP contribution in [0, 0.1) is 5.92 Å². The molecule has 0 radical (unpaired) electrons. The van der Waals surface area contributed by atoms with E-state index in [1.54, 1.807) is 12.1 Å². The van der Waals surface area contributed by atoms with Crippen LogP contribution in [0.15, 0.2) is 60.7 Å². The lowest BCUT2D eigenvalue weighted by molar-refractivity contribution is -0.0217. The summed E-state index contributed by atoms with van der Waals surface area (Å²) in [4.78, 5) is 23.7. The molecule has 1 fully saturated rings. The van der Waals surface area contributed by atoms with Crippen LogP contribution in [0.2, 0.25) is 0 Å². The molecule has 0 spiro atoms. The number of ether oxygens (including phenoxy) is 1. The summed E-state index contributed by atoms with van der Waals surface area (Å²) >= 11 is 5.26. The number of hydrogen-bond acceptors (Lipinski definition) is 4. The Labute approximate surface area is 182 Å². The van der Waals surface area contributed by atoms with E-state index in [1.165, 1.54) is 0 Å². The predicted octanol–water partition coefficient (Wildman–Crippen LogP) is 3.56. The second kappa shape index (κ2) is 10.2. The number of carbonyl (C=O) groups is 2. The highest BCUT2D eigenvalue weighted by Gasteiger charge is 2.38. The van der Waals surface area contributed by atoms with E-state index in [-0.39, 0.29) is 5.91 Å². The summed E-state index contributed by atoms with van der Waals surface area (Å²) in [7, 11) is 0. The number of nitrogens with two attached hydrogens (primary N) is 1. The van der Waals surface area contributed by atoms with Crippen molar-refractivity contribution < 1.29 is 14.3 Å². The first-order valence-electron chi connectivity index (χ1n) is 10.1. The quantitative estimate of drug-likeness (QED) is 0.616. The number of rotatable bonds is 6. The molecule has 158 valence electrons. The number of hydrogen-bond donors (Lipinski definition) is 3. The van der Waals surface area contributed by atoms with Gasteiger partial charge in [0.05, 0.1) is 0 Å². The molecule has 0 atom stereocenters. The van der Waals surface area contributed by atoms with Gasteiger partial charge in [0.1, 0.15) is 5.60 Å². The Hall–Kier alpha value is -2.93. The summed E-state index contributed by atoms with van der Waals surface area (Å²) < 4.78 is 5.59. The van der Waals surface area contributed by atoms with E-state index >= 15 is 0 Å². The smallest absolute Gasteiger partial charge is 0.405 e. The highest BCUT2D eigenvalue weighted by atomic mass is 32.1. The molecule has 30 heavy (non-hydrogen) atoms. The number of primary amides is 1. The SMILES string of the molecule is NC(=O)OC1(Cc2ccccc2)CCC(CNC(=S)NC(=O)c2ccccc2)CC1. The van der Waals surface area contributed by atoms with Crippen LogP contribution < -0.4 is 16.4 Å². The number of benzene rings is 2.